The Kier molecular flexibility index (Phi) is 3.59. The topological polar surface area (TPSA) is 13.1 Å². The highest BCUT2D eigenvalue weighted by Gasteiger charge is 2.14. The molecule has 0 radical (unpaired) electrons. The van der Waals surface area contributed by atoms with E-state index < -0.39 is 0 Å². The molecule has 1 nitrogen and oxygen atoms in total. The van der Waals surface area contributed by atoms with Crippen LogP contribution in [0.4, 0.5) is 0 Å². The van der Waals surface area contributed by atoms with Gasteiger partial charge in [-0.15, -0.1) is 0 Å². The molecule has 1 aromatic heterocycles. The van der Waals surface area contributed by atoms with Crippen molar-refractivity contribution >= 4 is 75.8 Å². The van der Waals surface area contributed by atoms with E-state index in [1.54, 1.807) is 0 Å². The van der Waals surface area contributed by atoms with Crippen LogP contribution in [0.25, 0.3) is 86.9 Å². The highest BCUT2D eigenvalue weighted by atomic mass is 16.3. The van der Waals surface area contributed by atoms with Crippen molar-refractivity contribution in [1.29, 1.82) is 0 Å². The van der Waals surface area contributed by atoms with Crippen LogP contribution in [0.2, 0.25) is 0 Å². The molecule has 9 aromatic rings. The van der Waals surface area contributed by atoms with Crippen LogP contribution in [0.15, 0.2) is 126 Å². The number of fused-ring (bicyclic) bond motifs is 6. The molecule has 9 rings (SSSR count). The van der Waals surface area contributed by atoms with E-state index in [0.717, 1.165) is 16.6 Å². The van der Waals surface area contributed by atoms with Gasteiger partial charge in [0.25, 0.3) is 0 Å². The van der Waals surface area contributed by atoms with Crippen LogP contribution in [0.1, 0.15) is 0 Å². The monoisotopic (exact) mass is 468 g/mol. The lowest BCUT2D eigenvalue weighted by molar-refractivity contribution is 0.673. The van der Waals surface area contributed by atoms with Gasteiger partial charge in [-0.2, -0.15) is 0 Å². The summed E-state index contributed by atoms with van der Waals surface area (Å²) in [5.74, 6) is 0. The minimum absolute atomic E-state index is 0.939. The summed E-state index contributed by atoms with van der Waals surface area (Å²) in [5.41, 5.74) is 4.42. The minimum atomic E-state index is 0.939. The predicted molar refractivity (Wildman–Crippen MR) is 158 cm³/mol. The Morgan fingerprint density at radius 2 is 1.08 bits per heavy atom. The summed E-state index contributed by atoms with van der Waals surface area (Å²) in [4.78, 5) is 0. The normalized spacial score (nSPS) is 12.3. The average Bonchev–Trinajstić information content (AvgIpc) is 3.32. The van der Waals surface area contributed by atoms with Gasteiger partial charge in [-0.25, -0.2) is 0 Å². The van der Waals surface area contributed by atoms with E-state index in [1.165, 1.54) is 70.4 Å². The van der Waals surface area contributed by atoms with Gasteiger partial charge < -0.3 is 4.42 Å². The molecule has 0 unspecified atom stereocenters. The molecule has 1 heterocycles. The zero-order chi connectivity index (χ0) is 24.1. The zero-order valence-corrected chi connectivity index (χ0v) is 20.0. The molecule has 37 heavy (non-hydrogen) atoms. The van der Waals surface area contributed by atoms with Gasteiger partial charge in [0.2, 0.25) is 0 Å². The lowest BCUT2D eigenvalue weighted by atomic mass is 9.89. The number of hydrogen-bond donors (Lipinski definition) is 0. The van der Waals surface area contributed by atoms with Gasteiger partial charge in [0.1, 0.15) is 11.2 Å². The van der Waals surface area contributed by atoms with Crippen LogP contribution in [0.3, 0.4) is 0 Å². The van der Waals surface area contributed by atoms with Crippen molar-refractivity contribution in [2.24, 2.45) is 0 Å². The second kappa shape index (κ2) is 6.87. The average molecular weight is 469 g/mol. The first kappa shape index (κ1) is 19.3. The molecule has 0 spiro atoms. The number of furan rings is 1. The number of benzene rings is 8. The Hall–Kier alpha value is -4.88. The molecule has 0 fully saturated rings. The molecule has 0 bridgehead atoms. The van der Waals surface area contributed by atoms with Crippen molar-refractivity contribution in [2.75, 3.05) is 0 Å². The van der Waals surface area contributed by atoms with Crippen molar-refractivity contribution in [2.45, 2.75) is 0 Å². The first-order valence-corrected chi connectivity index (χ1v) is 12.8. The number of hydrogen-bond acceptors (Lipinski definition) is 1. The summed E-state index contributed by atoms with van der Waals surface area (Å²) in [6.07, 6.45) is 0. The molecule has 0 aliphatic heterocycles. The van der Waals surface area contributed by atoms with E-state index in [0.29, 0.717) is 0 Å². The summed E-state index contributed by atoms with van der Waals surface area (Å²) >= 11 is 0. The molecule has 0 aliphatic carbocycles. The lowest BCUT2D eigenvalue weighted by Gasteiger charge is -2.14. The first-order valence-electron chi connectivity index (χ1n) is 12.8. The van der Waals surface area contributed by atoms with E-state index in [9.17, 15) is 0 Å². The largest absolute Gasteiger partial charge is 0.455 e. The van der Waals surface area contributed by atoms with Crippen molar-refractivity contribution < 1.29 is 4.42 Å². The van der Waals surface area contributed by atoms with Crippen LogP contribution in [0.5, 0.6) is 0 Å². The van der Waals surface area contributed by atoms with Crippen LogP contribution < -0.4 is 0 Å². The third-order valence-corrected chi connectivity index (χ3v) is 8.16. The SMILES string of the molecule is c1ccc2c(c1)ccc1c3cc4cc(-c5ccc6ccc7cccc8ccc5c6c78)ccc4cc3oc21. The fourth-order valence-corrected chi connectivity index (χ4v) is 6.40. The Morgan fingerprint density at radius 1 is 0.378 bits per heavy atom. The van der Waals surface area contributed by atoms with Crippen LogP contribution >= 0.6 is 0 Å². The third kappa shape index (κ3) is 2.58. The Labute approximate surface area is 212 Å². The van der Waals surface area contributed by atoms with Gasteiger partial charge >= 0.3 is 0 Å². The van der Waals surface area contributed by atoms with E-state index in [4.69, 9.17) is 4.42 Å². The third-order valence-electron chi connectivity index (χ3n) is 8.16. The molecule has 0 atom stereocenters. The second-order valence-electron chi connectivity index (χ2n) is 10.1. The standard InChI is InChI=1S/C36H20O/c1-2-7-29-21(4-1)12-17-31-32-19-27-18-26(11-10-25(27)20-33(32)37-36(29)31)28-15-13-24-9-8-22-5-3-6-23-14-16-30(28)35(24)34(22)23/h1-20H. The van der Waals surface area contributed by atoms with Crippen LogP contribution in [0, 0.1) is 0 Å². The minimum Gasteiger partial charge on any atom is -0.455 e. The summed E-state index contributed by atoms with van der Waals surface area (Å²) in [6.45, 7) is 0. The van der Waals surface area contributed by atoms with Gasteiger partial charge in [-0.05, 0) is 83.9 Å². The lowest BCUT2D eigenvalue weighted by Crippen LogP contribution is -1.87. The molecule has 0 saturated heterocycles. The smallest absolute Gasteiger partial charge is 0.143 e. The van der Waals surface area contributed by atoms with Crippen molar-refractivity contribution in [3.63, 3.8) is 0 Å². The molecule has 0 aliphatic rings. The van der Waals surface area contributed by atoms with E-state index >= 15 is 0 Å². The first-order chi connectivity index (χ1) is 18.3. The highest BCUT2D eigenvalue weighted by molar-refractivity contribution is 6.25. The van der Waals surface area contributed by atoms with Gasteiger partial charge in [0.05, 0.1) is 0 Å². The van der Waals surface area contributed by atoms with Crippen molar-refractivity contribution in [3.8, 4) is 11.1 Å². The maximum Gasteiger partial charge on any atom is 0.143 e. The molecule has 0 saturated carbocycles. The predicted octanol–water partition coefficient (Wildman–Crippen LogP) is 10.5. The van der Waals surface area contributed by atoms with Crippen LogP contribution in [-0.4, -0.2) is 0 Å². The second-order valence-corrected chi connectivity index (χ2v) is 10.1. The molecule has 0 amide bonds. The Bertz CT molecular complexity index is 2340. The fourth-order valence-electron chi connectivity index (χ4n) is 6.40. The summed E-state index contributed by atoms with van der Waals surface area (Å²) in [5, 5.41) is 15.0. The molecule has 8 aromatic carbocycles. The van der Waals surface area contributed by atoms with Crippen molar-refractivity contribution in [3.05, 3.63) is 121 Å². The molecular weight excluding hydrogens is 448 g/mol. The van der Waals surface area contributed by atoms with Gasteiger partial charge in [-0.1, -0.05) is 97.1 Å². The molecule has 1 heteroatoms. The fraction of sp³-hybridized carbons (Fsp3) is 0. The quantitative estimate of drug-likeness (QED) is 0.218. The van der Waals surface area contributed by atoms with E-state index in [2.05, 4.69) is 121 Å². The summed E-state index contributed by atoms with van der Waals surface area (Å²) in [6, 6.07) is 44.3. The molecular formula is C36H20O. The maximum atomic E-state index is 6.41. The van der Waals surface area contributed by atoms with Gasteiger partial charge in [-0.3, -0.25) is 0 Å². The van der Waals surface area contributed by atoms with Crippen LogP contribution in [-0.2, 0) is 0 Å². The zero-order valence-electron chi connectivity index (χ0n) is 20.0. The Balaban J connectivity index is 1.31. The number of rotatable bonds is 1. The Morgan fingerprint density at radius 3 is 2.00 bits per heavy atom. The van der Waals surface area contributed by atoms with Gasteiger partial charge in [0.15, 0.2) is 0 Å². The van der Waals surface area contributed by atoms with E-state index in [-0.39, 0.29) is 0 Å². The van der Waals surface area contributed by atoms with Gasteiger partial charge in [0, 0.05) is 16.2 Å². The van der Waals surface area contributed by atoms with E-state index in [1.807, 2.05) is 0 Å². The molecule has 0 N–H and O–H groups in total. The summed E-state index contributed by atoms with van der Waals surface area (Å²) < 4.78 is 6.41. The maximum absolute atomic E-state index is 6.41. The van der Waals surface area contributed by atoms with Crippen molar-refractivity contribution in [1.82, 2.24) is 0 Å². The highest BCUT2D eigenvalue weighted by Crippen LogP contribution is 2.41. The summed E-state index contributed by atoms with van der Waals surface area (Å²) in [7, 11) is 0. The molecule has 170 valence electrons.